The Morgan fingerprint density at radius 1 is 1.50 bits per heavy atom. The van der Waals surface area contributed by atoms with Crippen molar-refractivity contribution in [3.05, 3.63) is 0 Å². The first kappa shape index (κ1) is 7.45. The Balaban J connectivity index is 2.71. The monoisotopic (exact) mass is 140 g/mol. The van der Waals surface area contributed by atoms with E-state index in [0.29, 0.717) is 6.42 Å². The molecule has 0 bridgehead atoms. The molecule has 1 aliphatic rings. The molecule has 10 heavy (non-hydrogen) atoms. The molecule has 2 nitrogen and oxygen atoms in total. The lowest BCUT2D eigenvalue weighted by molar-refractivity contribution is -0.127. The van der Waals surface area contributed by atoms with Crippen LogP contribution in [-0.4, -0.2) is 11.6 Å². The van der Waals surface area contributed by atoms with Crippen LogP contribution in [0.25, 0.3) is 0 Å². The Hall–Kier alpha value is -0.660. The van der Waals surface area contributed by atoms with E-state index in [1.165, 1.54) is 0 Å². The number of hydrogen-bond acceptors (Lipinski definition) is 2. The first-order chi connectivity index (χ1) is 4.66. The van der Waals surface area contributed by atoms with E-state index >= 15 is 0 Å². The number of rotatable bonds is 1. The van der Waals surface area contributed by atoms with Crippen molar-refractivity contribution in [2.75, 3.05) is 0 Å². The summed E-state index contributed by atoms with van der Waals surface area (Å²) in [6, 6.07) is 0. The highest BCUT2D eigenvalue weighted by Gasteiger charge is 2.36. The van der Waals surface area contributed by atoms with Gasteiger partial charge in [0, 0.05) is 12.3 Å². The molecule has 2 unspecified atom stereocenters. The molecule has 2 heteroatoms. The van der Waals surface area contributed by atoms with Gasteiger partial charge in [0.2, 0.25) is 0 Å². The van der Waals surface area contributed by atoms with Gasteiger partial charge in [0.15, 0.2) is 0 Å². The lowest BCUT2D eigenvalue weighted by Crippen LogP contribution is -2.12. The van der Waals surface area contributed by atoms with Crippen LogP contribution in [0.1, 0.15) is 26.7 Å². The molecule has 1 fully saturated rings. The summed E-state index contributed by atoms with van der Waals surface area (Å²) >= 11 is 0. The van der Waals surface area contributed by atoms with Crippen LogP contribution in [-0.2, 0) is 9.59 Å². The normalized spacial score (nSPS) is 33.4. The Morgan fingerprint density at radius 2 is 2.10 bits per heavy atom. The van der Waals surface area contributed by atoms with Crippen LogP contribution >= 0.6 is 0 Å². The van der Waals surface area contributed by atoms with E-state index in [0.717, 1.165) is 6.42 Å². The molecule has 2 atom stereocenters. The summed E-state index contributed by atoms with van der Waals surface area (Å²) < 4.78 is 0. The van der Waals surface area contributed by atoms with Crippen LogP contribution in [0.4, 0.5) is 0 Å². The van der Waals surface area contributed by atoms with Gasteiger partial charge in [0.1, 0.15) is 11.6 Å². The summed E-state index contributed by atoms with van der Waals surface area (Å²) in [5.41, 5.74) is 0. The van der Waals surface area contributed by atoms with Crippen LogP contribution in [0.15, 0.2) is 0 Å². The summed E-state index contributed by atoms with van der Waals surface area (Å²) in [6.07, 6.45) is 1.30. The third-order valence-corrected chi connectivity index (χ3v) is 2.25. The number of hydrogen-bond donors (Lipinski definition) is 0. The topological polar surface area (TPSA) is 34.1 Å². The van der Waals surface area contributed by atoms with Gasteiger partial charge in [-0.05, 0) is 13.3 Å². The average Bonchev–Trinajstić information content (AvgIpc) is 2.17. The molecule has 0 aliphatic heterocycles. The van der Waals surface area contributed by atoms with E-state index in [2.05, 4.69) is 0 Å². The van der Waals surface area contributed by atoms with Crippen LogP contribution in [0.2, 0.25) is 0 Å². The Labute approximate surface area is 60.6 Å². The molecule has 0 N–H and O–H groups in total. The number of Topliss-reactive ketones (excluding diaryl/α,β-unsaturated/α-hetero) is 2. The fourth-order valence-electron chi connectivity index (χ4n) is 1.38. The second-order valence-electron chi connectivity index (χ2n) is 2.90. The maximum Gasteiger partial charge on any atom is 0.146 e. The van der Waals surface area contributed by atoms with Gasteiger partial charge in [0.25, 0.3) is 0 Å². The van der Waals surface area contributed by atoms with Gasteiger partial charge in [-0.1, -0.05) is 6.92 Å². The van der Waals surface area contributed by atoms with Crippen LogP contribution < -0.4 is 0 Å². The predicted octanol–water partition coefficient (Wildman–Crippen LogP) is 1.19. The molecule has 56 valence electrons. The maximum absolute atomic E-state index is 11.1. The summed E-state index contributed by atoms with van der Waals surface area (Å²) in [5, 5.41) is 0. The minimum absolute atomic E-state index is 0.0301. The Morgan fingerprint density at radius 3 is 2.30 bits per heavy atom. The highest BCUT2D eigenvalue weighted by atomic mass is 16.2. The standard InChI is InChI=1S/C8H12O2/c1-3-6-4-7(9)5(2)8(6)10/h5-6H,3-4H2,1-2H3. The first-order valence-electron chi connectivity index (χ1n) is 3.73. The number of carbonyl (C=O) groups is 2. The maximum atomic E-state index is 11.1. The van der Waals surface area contributed by atoms with Crippen molar-refractivity contribution in [3.63, 3.8) is 0 Å². The minimum atomic E-state index is -0.315. The van der Waals surface area contributed by atoms with Gasteiger partial charge in [0.05, 0.1) is 5.92 Å². The summed E-state index contributed by atoms with van der Waals surface area (Å²) in [5.74, 6) is -0.0169. The summed E-state index contributed by atoms with van der Waals surface area (Å²) in [6.45, 7) is 3.66. The van der Waals surface area contributed by atoms with Crippen molar-refractivity contribution >= 4 is 11.6 Å². The van der Waals surface area contributed by atoms with E-state index in [1.807, 2.05) is 6.92 Å². The third kappa shape index (κ3) is 0.981. The zero-order chi connectivity index (χ0) is 7.72. The van der Waals surface area contributed by atoms with Crippen LogP contribution in [0.5, 0.6) is 0 Å². The Kier molecular flexibility index (Phi) is 1.88. The van der Waals surface area contributed by atoms with Crippen molar-refractivity contribution in [2.24, 2.45) is 11.8 Å². The fraction of sp³-hybridized carbons (Fsp3) is 0.750. The lowest BCUT2D eigenvalue weighted by atomic mass is 10.0. The molecule has 1 rings (SSSR count). The molecule has 1 saturated carbocycles. The molecule has 0 spiro atoms. The molecular weight excluding hydrogens is 128 g/mol. The van der Waals surface area contributed by atoms with Gasteiger partial charge >= 0.3 is 0 Å². The first-order valence-corrected chi connectivity index (χ1v) is 3.73. The van der Waals surface area contributed by atoms with Gasteiger partial charge in [-0.3, -0.25) is 9.59 Å². The van der Waals surface area contributed by atoms with E-state index in [4.69, 9.17) is 0 Å². The molecule has 0 aromatic heterocycles. The highest BCUT2D eigenvalue weighted by Crippen LogP contribution is 2.25. The van der Waals surface area contributed by atoms with Gasteiger partial charge in [-0.2, -0.15) is 0 Å². The van der Waals surface area contributed by atoms with E-state index < -0.39 is 0 Å². The predicted molar refractivity (Wildman–Crippen MR) is 37.6 cm³/mol. The third-order valence-electron chi connectivity index (χ3n) is 2.25. The van der Waals surface area contributed by atoms with E-state index in [1.54, 1.807) is 6.92 Å². The van der Waals surface area contributed by atoms with Crippen molar-refractivity contribution in [1.29, 1.82) is 0 Å². The zero-order valence-corrected chi connectivity index (χ0v) is 6.39. The molecule has 0 heterocycles. The van der Waals surface area contributed by atoms with Gasteiger partial charge in [-0.15, -0.1) is 0 Å². The minimum Gasteiger partial charge on any atom is -0.299 e. The van der Waals surface area contributed by atoms with Crippen LogP contribution in [0, 0.1) is 11.8 Å². The smallest absolute Gasteiger partial charge is 0.146 e. The van der Waals surface area contributed by atoms with Crippen molar-refractivity contribution in [2.45, 2.75) is 26.7 Å². The molecular formula is C8H12O2. The lowest BCUT2D eigenvalue weighted by Gasteiger charge is -2.00. The summed E-state index contributed by atoms with van der Waals surface area (Å²) in [4.78, 5) is 22.1. The molecule has 0 radical (unpaired) electrons. The molecule has 0 saturated heterocycles. The largest absolute Gasteiger partial charge is 0.299 e. The van der Waals surface area contributed by atoms with E-state index in [9.17, 15) is 9.59 Å². The summed E-state index contributed by atoms with van der Waals surface area (Å²) in [7, 11) is 0. The van der Waals surface area contributed by atoms with Crippen LogP contribution in [0.3, 0.4) is 0 Å². The molecule has 0 aromatic carbocycles. The SMILES string of the molecule is CCC1CC(=O)C(C)C1=O. The van der Waals surface area contributed by atoms with Crippen molar-refractivity contribution < 1.29 is 9.59 Å². The quantitative estimate of drug-likeness (QED) is 0.513. The number of carbonyl (C=O) groups excluding carboxylic acids is 2. The molecule has 0 amide bonds. The van der Waals surface area contributed by atoms with Gasteiger partial charge < -0.3 is 0 Å². The van der Waals surface area contributed by atoms with Gasteiger partial charge in [-0.25, -0.2) is 0 Å². The molecule has 0 aromatic rings. The van der Waals surface area contributed by atoms with Crippen molar-refractivity contribution in [1.82, 2.24) is 0 Å². The second-order valence-corrected chi connectivity index (χ2v) is 2.90. The fourth-order valence-corrected chi connectivity index (χ4v) is 1.38. The number of ketones is 2. The van der Waals surface area contributed by atoms with Crippen molar-refractivity contribution in [3.8, 4) is 0 Å². The highest BCUT2D eigenvalue weighted by molar-refractivity contribution is 6.09. The molecule has 1 aliphatic carbocycles. The zero-order valence-electron chi connectivity index (χ0n) is 6.39. The Bertz CT molecular complexity index is 172. The van der Waals surface area contributed by atoms with E-state index in [-0.39, 0.29) is 23.4 Å². The average molecular weight is 140 g/mol. The second kappa shape index (κ2) is 2.52.